The number of Topliss-reactive ketones (excluding diaryl/α,β-unsaturated/α-hetero) is 1. The van der Waals surface area contributed by atoms with Crippen molar-refractivity contribution in [3.8, 4) is 17.2 Å². The van der Waals surface area contributed by atoms with Crippen LogP contribution in [-0.4, -0.2) is 53.8 Å². The van der Waals surface area contributed by atoms with Gasteiger partial charge in [0.05, 0.1) is 7.11 Å². The van der Waals surface area contributed by atoms with Crippen molar-refractivity contribution in [2.45, 2.75) is 13.0 Å². The van der Waals surface area contributed by atoms with Crippen molar-refractivity contribution in [2.24, 2.45) is 5.92 Å². The number of rotatable bonds is 8. The van der Waals surface area contributed by atoms with Gasteiger partial charge in [-0.05, 0) is 29.8 Å². The van der Waals surface area contributed by atoms with Crippen LogP contribution in [0.25, 0.3) is 0 Å². The third kappa shape index (κ3) is 5.59. The Labute approximate surface area is 178 Å². The molecular formula is C22H22N2O7. The van der Waals surface area contributed by atoms with E-state index >= 15 is 0 Å². The molecule has 1 fully saturated rings. The first-order chi connectivity index (χ1) is 14.9. The first kappa shape index (κ1) is 21.8. The number of likely N-dealkylation sites (tertiary alicyclic amines) is 1. The molecule has 162 valence electrons. The standard InChI is InChI=1S/C22H22N2O7/c1-30-16-3-2-4-17(11-16)31-15-7-5-14(6-8-15)13-24-10-9-18(25)20(22(24)29)21(28)23-12-19(26)27/h2-8,11,20H,9-10,12-13H2,1H3,(H,23,28)(H,26,27). The smallest absolute Gasteiger partial charge is 0.322 e. The molecule has 0 spiro atoms. The number of nitrogens with one attached hydrogen (secondary N) is 1. The lowest BCUT2D eigenvalue weighted by Crippen LogP contribution is -2.52. The highest BCUT2D eigenvalue weighted by atomic mass is 16.5. The van der Waals surface area contributed by atoms with E-state index in [1.165, 1.54) is 4.90 Å². The van der Waals surface area contributed by atoms with E-state index in [1.807, 2.05) is 12.1 Å². The fraction of sp³-hybridized carbons (Fsp3) is 0.273. The largest absolute Gasteiger partial charge is 0.497 e. The van der Waals surface area contributed by atoms with Crippen LogP contribution in [-0.2, 0) is 25.7 Å². The highest BCUT2D eigenvalue weighted by Crippen LogP contribution is 2.26. The summed E-state index contributed by atoms with van der Waals surface area (Å²) in [6.07, 6.45) is 0.0356. The Morgan fingerprint density at radius 2 is 1.81 bits per heavy atom. The van der Waals surface area contributed by atoms with E-state index in [-0.39, 0.29) is 19.5 Å². The van der Waals surface area contributed by atoms with Crippen LogP contribution in [0.5, 0.6) is 17.2 Å². The molecule has 1 atom stereocenters. The molecule has 9 nitrogen and oxygen atoms in total. The van der Waals surface area contributed by atoms with Crippen molar-refractivity contribution in [3.05, 3.63) is 54.1 Å². The van der Waals surface area contributed by atoms with E-state index in [2.05, 4.69) is 5.32 Å². The minimum Gasteiger partial charge on any atom is -0.497 e. The summed E-state index contributed by atoms with van der Waals surface area (Å²) in [5, 5.41) is 10.8. The normalized spacial score (nSPS) is 16.0. The SMILES string of the molecule is COc1cccc(Oc2ccc(CN3CCC(=O)C(C(=O)NCC(=O)O)C3=O)cc2)c1. The summed E-state index contributed by atoms with van der Waals surface area (Å²) >= 11 is 0. The van der Waals surface area contributed by atoms with E-state index in [0.29, 0.717) is 17.2 Å². The number of carboxylic acid groups (broad SMARTS) is 1. The molecular weight excluding hydrogens is 404 g/mol. The number of benzene rings is 2. The third-order valence-electron chi connectivity index (χ3n) is 4.76. The number of ketones is 1. The lowest BCUT2D eigenvalue weighted by atomic mass is 9.94. The van der Waals surface area contributed by atoms with Gasteiger partial charge in [0, 0.05) is 25.6 Å². The maximum atomic E-state index is 12.7. The van der Waals surface area contributed by atoms with Gasteiger partial charge >= 0.3 is 5.97 Å². The van der Waals surface area contributed by atoms with E-state index in [4.69, 9.17) is 14.6 Å². The fourth-order valence-corrected chi connectivity index (χ4v) is 3.18. The van der Waals surface area contributed by atoms with Gasteiger partial charge in [-0.25, -0.2) is 0 Å². The van der Waals surface area contributed by atoms with Gasteiger partial charge in [-0.3, -0.25) is 19.2 Å². The summed E-state index contributed by atoms with van der Waals surface area (Å²) in [5.41, 5.74) is 0.797. The minimum absolute atomic E-state index is 0.0356. The van der Waals surface area contributed by atoms with Crippen molar-refractivity contribution < 1.29 is 33.8 Å². The number of ether oxygens (including phenoxy) is 2. The molecule has 0 saturated carbocycles. The number of carboxylic acids is 1. The zero-order chi connectivity index (χ0) is 22.4. The average Bonchev–Trinajstić information content (AvgIpc) is 2.76. The van der Waals surface area contributed by atoms with Crippen molar-refractivity contribution in [2.75, 3.05) is 20.2 Å². The number of amides is 2. The van der Waals surface area contributed by atoms with Gasteiger partial charge in [-0.2, -0.15) is 0 Å². The number of nitrogens with zero attached hydrogens (tertiary/aromatic N) is 1. The van der Waals surface area contributed by atoms with Crippen LogP contribution in [0.3, 0.4) is 0 Å². The Kier molecular flexibility index (Phi) is 6.86. The Balaban J connectivity index is 1.63. The Morgan fingerprint density at radius 3 is 2.48 bits per heavy atom. The van der Waals surface area contributed by atoms with Gasteiger partial charge in [0.15, 0.2) is 11.7 Å². The second-order valence-electron chi connectivity index (χ2n) is 6.95. The summed E-state index contributed by atoms with van der Waals surface area (Å²) in [5.74, 6) is -2.89. The molecule has 1 saturated heterocycles. The number of carbonyl (C=O) groups is 4. The van der Waals surface area contributed by atoms with Gasteiger partial charge < -0.3 is 24.8 Å². The summed E-state index contributed by atoms with van der Waals surface area (Å²) in [6, 6.07) is 14.3. The Bertz CT molecular complexity index is 988. The number of piperidine rings is 1. The molecule has 2 aromatic carbocycles. The van der Waals surface area contributed by atoms with Gasteiger partial charge in [0.25, 0.3) is 0 Å². The van der Waals surface area contributed by atoms with Gasteiger partial charge in [-0.15, -0.1) is 0 Å². The van der Waals surface area contributed by atoms with Crippen molar-refractivity contribution in [3.63, 3.8) is 0 Å². The third-order valence-corrected chi connectivity index (χ3v) is 4.76. The maximum Gasteiger partial charge on any atom is 0.322 e. The zero-order valence-electron chi connectivity index (χ0n) is 16.9. The minimum atomic E-state index is -1.51. The number of carbonyl (C=O) groups excluding carboxylic acids is 3. The lowest BCUT2D eigenvalue weighted by Gasteiger charge is -2.30. The second kappa shape index (κ2) is 9.75. The van der Waals surface area contributed by atoms with Crippen LogP contribution in [0.4, 0.5) is 0 Å². The Hall–Kier alpha value is -3.88. The van der Waals surface area contributed by atoms with Crippen LogP contribution < -0.4 is 14.8 Å². The molecule has 0 aliphatic carbocycles. The molecule has 2 amide bonds. The molecule has 1 aliphatic heterocycles. The molecule has 1 aliphatic rings. The molecule has 1 heterocycles. The Morgan fingerprint density at radius 1 is 1.10 bits per heavy atom. The number of methoxy groups -OCH3 is 1. The van der Waals surface area contributed by atoms with Gasteiger partial charge in [0.2, 0.25) is 11.8 Å². The van der Waals surface area contributed by atoms with Crippen LogP contribution >= 0.6 is 0 Å². The van der Waals surface area contributed by atoms with Crippen molar-refractivity contribution >= 4 is 23.6 Å². The molecule has 0 radical (unpaired) electrons. The van der Waals surface area contributed by atoms with Crippen LogP contribution in [0.2, 0.25) is 0 Å². The molecule has 9 heteroatoms. The lowest BCUT2D eigenvalue weighted by molar-refractivity contribution is -0.152. The quantitative estimate of drug-likeness (QED) is 0.615. The monoisotopic (exact) mass is 426 g/mol. The maximum absolute atomic E-state index is 12.7. The predicted molar refractivity (Wildman–Crippen MR) is 109 cm³/mol. The van der Waals surface area contributed by atoms with E-state index < -0.39 is 36.0 Å². The van der Waals surface area contributed by atoms with Crippen LogP contribution in [0.15, 0.2) is 48.5 Å². The van der Waals surface area contributed by atoms with Gasteiger partial charge in [0.1, 0.15) is 23.8 Å². The first-order valence-corrected chi connectivity index (χ1v) is 9.59. The highest BCUT2D eigenvalue weighted by molar-refractivity contribution is 6.19. The van der Waals surface area contributed by atoms with E-state index in [0.717, 1.165) is 5.56 Å². The second-order valence-corrected chi connectivity index (χ2v) is 6.95. The molecule has 3 rings (SSSR count). The number of hydrogen-bond acceptors (Lipinski definition) is 6. The van der Waals surface area contributed by atoms with Crippen LogP contribution in [0, 0.1) is 5.92 Å². The van der Waals surface area contributed by atoms with Gasteiger partial charge in [-0.1, -0.05) is 18.2 Å². The van der Waals surface area contributed by atoms with E-state index in [9.17, 15) is 19.2 Å². The topological polar surface area (TPSA) is 122 Å². The molecule has 0 aromatic heterocycles. The molecule has 31 heavy (non-hydrogen) atoms. The number of hydrogen-bond donors (Lipinski definition) is 2. The summed E-state index contributed by atoms with van der Waals surface area (Å²) in [6.45, 7) is -0.235. The predicted octanol–water partition coefficient (Wildman–Crippen LogP) is 1.61. The first-order valence-electron chi connectivity index (χ1n) is 9.59. The molecule has 2 aromatic rings. The molecule has 0 bridgehead atoms. The summed E-state index contributed by atoms with van der Waals surface area (Å²) in [7, 11) is 1.57. The van der Waals surface area contributed by atoms with Crippen molar-refractivity contribution in [1.29, 1.82) is 0 Å². The zero-order valence-corrected chi connectivity index (χ0v) is 16.9. The van der Waals surface area contributed by atoms with E-state index in [1.54, 1.807) is 43.5 Å². The molecule has 1 unspecified atom stereocenters. The fourth-order valence-electron chi connectivity index (χ4n) is 3.18. The molecule has 2 N–H and O–H groups in total. The van der Waals surface area contributed by atoms with Crippen LogP contribution in [0.1, 0.15) is 12.0 Å². The summed E-state index contributed by atoms with van der Waals surface area (Å²) < 4.78 is 11.0. The average molecular weight is 426 g/mol. The highest BCUT2D eigenvalue weighted by Gasteiger charge is 2.40. The van der Waals surface area contributed by atoms with Crippen molar-refractivity contribution in [1.82, 2.24) is 10.2 Å². The number of aliphatic carboxylic acids is 1. The summed E-state index contributed by atoms with van der Waals surface area (Å²) in [4.78, 5) is 48.9.